The van der Waals surface area contributed by atoms with Crippen molar-refractivity contribution in [1.29, 1.82) is 0 Å². The summed E-state index contributed by atoms with van der Waals surface area (Å²) in [4.78, 5) is 26.5. The number of hydrogen-bond donors (Lipinski definition) is 2. The third-order valence-corrected chi connectivity index (χ3v) is 4.55. The van der Waals surface area contributed by atoms with Gasteiger partial charge in [0.05, 0.1) is 19.3 Å². The number of ether oxygens (including phenoxy) is 2. The normalized spacial score (nSPS) is 20.4. The van der Waals surface area contributed by atoms with E-state index in [9.17, 15) is 9.59 Å². The molecule has 2 N–H and O–H groups in total. The summed E-state index contributed by atoms with van der Waals surface area (Å²) < 4.78 is 10.8. The third-order valence-electron chi connectivity index (χ3n) is 4.55. The second kappa shape index (κ2) is 8.31. The van der Waals surface area contributed by atoms with Crippen LogP contribution in [0, 0.1) is 6.92 Å². The fourth-order valence-corrected chi connectivity index (χ4v) is 3.02. The Bertz CT molecular complexity index is 623. The number of aryl methyl sites for hydroxylation is 1. The number of benzene rings is 1. The van der Waals surface area contributed by atoms with Gasteiger partial charge in [-0.25, -0.2) is 4.79 Å². The van der Waals surface area contributed by atoms with Crippen LogP contribution in [0.25, 0.3) is 0 Å². The van der Waals surface area contributed by atoms with Gasteiger partial charge < -0.3 is 25.0 Å². The highest BCUT2D eigenvalue weighted by Crippen LogP contribution is 2.19. The number of anilines is 1. The predicted octanol–water partition coefficient (Wildman–Crippen LogP) is 1.77. The lowest BCUT2D eigenvalue weighted by Gasteiger charge is -2.27. The molecule has 1 atom stereocenters. The van der Waals surface area contributed by atoms with Gasteiger partial charge in [-0.2, -0.15) is 0 Å². The van der Waals surface area contributed by atoms with Crippen LogP contribution in [0.4, 0.5) is 10.5 Å². The summed E-state index contributed by atoms with van der Waals surface area (Å²) in [6.07, 6.45) is 2.11. The lowest BCUT2D eigenvalue weighted by molar-refractivity contribution is 0.0303. The summed E-state index contributed by atoms with van der Waals surface area (Å²) in [7, 11) is 0. The van der Waals surface area contributed by atoms with Crippen LogP contribution in [0.15, 0.2) is 18.2 Å². The topological polar surface area (TPSA) is 79.9 Å². The molecule has 3 amide bonds. The zero-order valence-electron chi connectivity index (χ0n) is 14.5. The van der Waals surface area contributed by atoms with E-state index in [1.165, 1.54) is 0 Å². The number of hydrogen-bond acceptors (Lipinski definition) is 4. The minimum atomic E-state index is -0.283. The Balaban J connectivity index is 1.60. The number of morpholine rings is 1. The molecule has 2 aliphatic heterocycles. The van der Waals surface area contributed by atoms with Crippen molar-refractivity contribution in [3.63, 3.8) is 0 Å². The number of urea groups is 1. The number of amides is 3. The van der Waals surface area contributed by atoms with E-state index in [0.29, 0.717) is 44.1 Å². The highest BCUT2D eigenvalue weighted by Gasteiger charge is 2.20. The molecule has 0 spiro atoms. The van der Waals surface area contributed by atoms with Gasteiger partial charge in [0.2, 0.25) is 0 Å². The lowest BCUT2D eigenvalue weighted by atomic mass is 10.1. The van der Waals surface area contributed by atoms with Crippen LogP contribution in [-0.2, 0) is 9.47 Å². The number of nitrogens with zero attached hydrogens (tertiary/aromatic N) is 1. The molecule has 0 saturated carbocycles. The van der Waals surface area contributed by atoms with Gasteiger partial charge in [0.1, 0.15) is 0 Å². The number of rotatable bonds is 4. The first-order valence-corrected chi connectivity index (χ1v) is 8.77. The molecule has 1 unspecified atom stereocenters. The molecule has 1 aromatic carbocycles. The summed E-state index contributed by atoms with van der Waals surface area (Å²) in [6, 6.07) is 5.10. The maximum atomic E-state index is 12.6. The van der Waals surface area contributed by atoms with E-state index in [-0.39, 0.29) is 18.0 Å². The Morgan fingerprint density at radius 3 is 2.76 bits per heavy atom. The molecular weight excluding hydrogens is 322 g/mol. The Morgan fingerprint density at radius 2 is 2.04 bits per heavy atom. The van der Waals surface area contributed by atoms with Crippen molar-refractivity contribution < 1.29 is 19.1 Å². The average molecular weight is 347 g/mol. The van der Waals surface area contributed by atoms with Gasteiger partial charge in [-0.05, 0) is 37.5 Å². The Labute approximate surface area is 147 Å². The van der Waals surface area contributed by atoms with Crippen molar-refractivity contribution in [2.75, 3.05) is 44.8 Å². The fraction of sp³-hybridized carbons (Fsp3) is 0.556. The van der Waals surface area contributed by atoms with E-state index in [0.717, 1.165) is 25.0 Å². The van der Waals surface area contributed by atoms with E-state index in [4.69, 9.17) is 9.47 Å². The summed E-state index contributed by atoms with van der Waals surface area (Å²) >= 11 is 0. The monoisotopic (exact) mass is 347 g/mol. The molecule has 136 valence electrons. The van der Waals surface area contributed by atoms with E-state index < -0.39 is 0 Å². The molecule has 2 saturated heterocycles. The molecule has 25 heavy (non-hydrogen) atoms. The fourth-order valence-electron chi connectivity index (χ4n) is 3.02. The second-order valence-corrected chi connectivity index (χ2v) is 6.40. The maximum absolute atomic E-state index is 12.6. The van der Waals surface area contributed by atoms with Gasteiger partial charge in [0.25, 0.3) is 5.91 Å². The molecule has 2 heterocycles. The second-order valence-electron chi connectivity index (χ2n) is 6.40. The molecular formula is C18H25N3O4. The third kappa shape index (κ3) is 4.70. The van der Waals surface area contributed by atoms with Crippen LogP contribution in [-0.4, -0.2) is 62.4 Å². The van der Waals surface area contributed by atoms with E-state index in [1.54, 1.807) is 17.0 Å². The first-order chi connectivity index (χ1) is 12.1. The van der Waals surface area contributed by atoms with E-state index >= 15 is 0 Å². The summed E-state index contributed by atoms with van der Waals surface area (Å²) in [6.45, 7) is 5.48. The molecule has 0 aromatic heterocycles. The molecule has 7 nitrogen and oxygen atoms in total. The van der Waals surface area contributed by atoms with Crippen LogP contribution < -0.4 is 10.6 Å². The molecule has 7 heteroatoms. The summed E-state index contributed by atoms with van der Waals surface area (Å²) in [5.41, 5.74) is 2.12. The molecule has 0 radical (unpaired) electrons. The minimum absolute atomic E-state index is 0.0360. The Hall–Kier alpha value is -2.12. The van der Waals surface area contributed by atoms with Crippen LogP contribution >= 0.6 is 0 Å². The number of nitrogens with one attached hydrogen (secondary N) is 2. The van der Waals surface area contributed by atoms with Gasteiger partial charge in [-0.15, -0.1) is 0 Å². The van der Waals surface area contributed by atoms with Crippen LogP contribution in [0.5, 0.6) is 0 Å². The predicted molar refractivity (Wildman–Crippen MR) is 93.9 cm³/mol. The SMILES string of the molecule is Cc1ccc(C(=O)N2CCOCC2)cc1NC(=O)NCC1CCCO1. The summed E-state index contributed by atoms with van der Waals surface area (Å²) in [5, 5.41) is 5.66. The average Bonchev–Trinajstić information content (AvgIpc) is 3.15. The zero-order chi connectivity index (χ0) is 17.6. The largest absolute Gasteiger partial charge is 0.378 e. The first kappa shape index (κ1) is 17.7. The van der Waals surface area contributed by atoms with Crippen molar-refractivity contribution in [2.45, 2.75) is 25.9 Å². The van der Waals surface area contributed by atoms with Gasteiger partial charge in [-0.1, -0.05) is 6.07 Å². The molecule has 0 bridgehead atoms. The van der Waals surface area contributed by atoms with E-state index in [2.05, 4.69) is 10.6 Å². The highest BCUT2D eigenvalue weighted by atomic mass is 16.5. The highest BCUT2D eigenvalue weighted by molar-refractivity contribution is 5.97. The van der Waals surface area contributed by atoms with Crippen LogP contribution in [0.2, 0.25) is 0 Å². The van der Waals surface area contributed by atoms with Gasteiger partial charge >= 0.3 is 6.03 Å². The van der Waals surface area contributed by atoms with Crippen LogP contribution in [0.1, 0.15) is 28.8 Å². The molecule has 2 fully saturated rings. The smallest absolute Gasteiger partial charge is 0.319 e. The Kier molecular flexibility index (Phi) is 5.88. The minimum Gasteiger partial charge on any atom is -0.378 e. The quantitative estimate of drug-likeness (QED) is 0.870. The number of carbonyl (C=O) groups excluding carboxylic acids is 2. The number of carbonyl (C=O) groups is 2. The van der Waals surface area contributed by atoms with Gasteiger partial charge in [0.15, 0.2) is 0 Å². The van der Waals surface area contributed by atoms with Crippen LogP contribution in [0.3, 0.4) is 0 Å². The van der Waals surface area contributed by atoms with E-state index in [1.807, 2.05) is 13.0 Å². The van der Waals surface area contributed by atoms with Gasteiger partial charge in [0, 0.05) is 37.5 Å². The molecule has 1 aromatic rings. The molecule has 3 rings (SSSR count). The van der Waals surface area contributed by atoms with Crippen molar-refractivity contribution in [3.05, 3.63) is 29.3 Å². The van der Waals surface area contributed by atoms with Crippen molar-refractivity contribution in [3.8, 4) is 0 Å². The zero-order valence-corrected chi connectivity index (χ0v) is 14.5. The first-order valence-electron chi connectivity index (χ1n) is 8.77. The lowest BCUT2D eigenvalue weighted by Crippen LogP contribution is -2.40. The van der Waals surface area contributed by atoms with Crippen molar-refractivity contribution in [1.82, 2.24) is 10.2 Å². The maximum Gasteiger partial charge on any atom is 0.319 e. The van der Waals surface area contributed by atoms with Crippen molar-refractivity contribution >= 4 is 17.6 Å². The molecule has 0 aliphatic carbocycles. The van der Waals surface area contributed by atoms with Gasteiger partial charge in [-0.3, -0.25) is 4.79 Å². The summed E-state index contributed by atoms with van der Waals surface area (Å²) in [5.74, 6) is -0.0360. The standard InChI is InChI=1S/C18H25N3O4/c1-13-4-5-14(17(22)21-6-9-24-10-7-21)11-16(13)20-18(23)19-12-15-3-2-8-25-15/h4-5,11,15H,2-3,6-10,12H2,1H3,(H2,19,20,23). The van der Waals surface area contributed by atoms with Crippen molar-refractivity contribution in [2.24, 2.45) is 0 Å². The Morgan fingerprint density at radius 1 is 1.24 bits per heavy atom. The molecule has 2 aliphatic rings.